The summed E-state index contributed by atoms with van der Waals surface area (Å²) in [6, 6.07) is 0. The van der Waals surface area contributed by atoms with Crippen LogP contribution in [0.15, 0.2) is 15.8 Å². The second kappa shape index (κ2) is 11.4. The number of anilines is 2. The molecular formula is C23H31N5O5S3. The fraction of sp³-hybridized carbons (Fsp3) is 0.609. The van der Waals surface area contributed by atoms with Crippen LogP contribution in [0, 0.1) is 24.7 Å². The number of thiazole rings is 2. The minimum atomic E-state index is -3.97. The van der Waals surface area contributed by atoms with Gasteiger partial charge in [0.15, 0.2) is 20.3 Å². The number of aromatic nitrogens is 2. The molecule has 2 atom stereocenters. The van der Waals surface area contributed by atoms with Gasteiger partial charge in [0.05, 0.1) is 12.2 Å². The van der Waals surface area contributed by atoms with E-state index in [9.17, 15) is 22.8 Å². The highest BCUT2D eigenvalue weighted by atomic mass is 32.2. The molecule has 10 nitrogen and oxygen atoms in total. The first-order valence-corrected chi connectivity index (χ1v) is 15.3. The number of rotatable bonds is 8. The number of ketones is 1. The van der Waals surface area contributed by atoms with Crippen molar-refractivity contribution in [3.63, 3.8) is 0 Å². The molecule has 0 aromatic carbocycles. The van der Waals surface area contributed by atoms with Crippen LogP contribution in [0.1, 0.15) is 57.6 Å². The Labute approximate surface area is 219 Å². The van der Waals surface area contributed by atoms with Gasteiger partial charge >= 0.3 is 0 Å². The van der Waals surface area contributed by atoms with Gasteiger partial charge in [0.1, 0.15) is 0 Å². The molecule has 1 aliphatic carbocycles. The number of carbonyl (C=O) groups excluding carboxylic acids is 3. The maximum absolute atomic E-state index is 13.3. The van der Waals surface area contributed by atoms with Crippen molar-refractivity contribution in [3.8, 4) is 0 Å². The molecule has 0 bridgehead atoms. The topological polar surface area (TPSA) is 138 Å². The highest BCUT2D eigenvalue weighted by Crippen LogP contribution is 2.37. The van der Waals surface area contributed by atoms with Crippen molar-refractivity contribution >= 4 is 60.6 Å². The Kier molecular flexibility index (Phi) is 8.53. The average molecular weight is 554 g/mol. The Balaban J connectivity index is 1.50. The van der Waals surface area contributed by atoms with Gasteiger partial charge in [-0.25, -0.2) is 18.4 Å². The smallest absolute Gasteiger partial charge is 0.254 e. The van der Waals surface area contributed by atoms with Crippen LogP contribution in [0.2, 0.25) is 0 Å². The lowest BCUT2D eigenvalue weighted by Crippen LogP contribution is -2.48. The molecule has 2 fully saturated rings. The molecule has 2 aromatic rings. The van der Waals surface area contributed by atoms with Gasteiger partial charge in [-0.05, 0) is 25.7 Å². The number of nitrogens with zero attached hydrogens (tertiary/aromatic N) is 3. The van der Waals surface area contributed by atoms with E-state index in [0.717, 1.165) is 37.0 Å². The van der Waals surface area contributed by atoms with E-state index >= 15 is 0 Å². The average Bonchev–Trinajstić information content (AvgIpc) is 3.47. The Hall–Kier alpha value is -2.22. The molecule has 0 spiro atoms. The number of hydrogen-bond donors (Lipinski definition) is 2. The first-order chi connectivity index (χ1) is 17.1. The first kappa shape index (κ1) is 26.8. The minimum Gasteiger partial charge on any atom is -0.302 e. The molecule has 1 saturated heterocycles. The summed E-state index contributed by atoms with van der Waals surface area (Å²) in [7, 11) is -3.97. The molecule has 1 unspecified atom stereocenters. The zero-order chi connectivity index (χ0) is 25.9. The third kappa shape index (κ3) is 6.18. The summed E-state index contributed by atoms with van der Waals surface area (Å²) < 4.78 is 27.9. The van der Waals surface area contributed by atoms with Crippen molar-refractivity contribution in [2.75, 3.05) is 23.7 Å². The number of Topliss-reactive ketones (excluding diaryl/α,β-unsaturated/α-hetero) is 1. The van der Waals surface area contributed by atoms with E-state index < -0.39 is 21.9 Å². The molecule has 13 heteroatoms. The predicted octanol–water partition coefficient (Wildman–Crippen LogP) is 3.67. The molecule has 1 aliphatic heterocycles. The third-order valence-electron chi connectivity index (χ3n) is 6.84. The molecule has 36 heavy (non-hydrogen) atoms. The van der Waals surface area contributed by atoms with Gasteiger partial charge < -0.3 is 10.6 Å². The molecule has 2 amide bonds. The van der Waals surface area contributed by atoms with Gasteiger partial charge in [0, 0.05) is 36.9 Å². The summed E-state index contributed by atoms with van der Waals surface area (Å²) in [5.41, 5.74) is 0.274. The number of nitrogens with one attached hydrogen (secondary N) is 2. The van der Waals surface area contributed by atoms with E-state index in [-0.39, 0.29) is 52.1 Å². The van der Waals surface area contributed by atoms with Crippen LogP contribution in [0.4, 0.5) is 10.3 Å². The van der Waals surface area contributed by atoms with Crippen LogP contribution < -0.4 is 10.6 Å². The molecule has 2 aromatic heterocycles. The second-order valence-electron chi connectivity index (χ2n) is 9.45. The first-order valence-electron chi connectivity index (χ1n) is 12.1. The molecule has 2 aliphatic rings. The fourth-order valence-electron chi connectivity index (χ4n) is 5.11. The Morgan fingerprint density at radius 1 is 1.17 bits per heavy atom. The Bertz CT molecular complexity index is 1200. The normalized spacial score (nSPS) is 20.7. The van der Waals surface area contributed by atoms with Gasteiger partial charge in [-0.3, -0.25) is 14.4 Å². The maximum atomic E-state index is 13.3. The SMILES string of the molecule is CC(=O)Nc1nc(C)c(S(=O)(=O)N2CCC([C@@H](CC3CCCCC3)C(=O)Nc3nccs3)C(=O)C2)s1. The minimum absolute atomic E-state index is 0.0118. The lowest BCUT2D eigenvalue weighted by Gasteiger charge is -2.35. The van der Waals surface area contributed by atoms with Crippen molar-refractivity contribution in [2.24, 2.45) is 17.8 Å². The van der Waals surface area contributed by atoms with Crippen molar-refractivity contribution in [1.29, 1.82) is 0 Å². The second-order valence-corrected chi connectivity index (χ2v) is 13.5. The number of piperidine rings is 1. The number of sulfonamides is 1. The van der Waals surface area contributed by atoms with Gasteiger partial charge in [-0.1, -0.05) is 43.4 Å². The zero-order valence-electron chi connectivity index (χ0n) is 20.4. The van der Waals surface area contributed by atoms with Crippen molar-refractivity contribution < 1.29 is 22.8 Å². The summed E-state index contributed by atoms with van der Waals surface area (Å²) in [6.07, 6.45) is 8.06. The van der Waals surface area contributed by atoms with E-state index in [0.29, 0.717) is 17.5 Å². The third-order valence-corrected chi connectivity index (χ3v) is 11.0. The molecular weight excluding hydrogens is 522 g/mol. The highest BCUT2D eigenvalue weighted by Gasteiger charge is 2.42. The Morgan fingerprint density at radius 2 is 1.92 bits per heavy atom. The molecule has 4 rings (SSSR count). The fourth-order valence-corrected chi connectivity index (χ4v) is 8.66. The summed E-state index contributed by atoms with van der Waals surface area (Å²) in [4.78, 5) is 46.3. The predicted molar refractivity (Wildman–Crippen MR) is 138 cm³/mol. The van der Waals surface area contributed by atoms with Crippen LogP contribution in [0.5, 0.6) is 0 Å². The van der Waals surface area contributed by atoms with E-state index in [4.69, 9.17) is 0 Å². The molecule has 196 valence electrons. The van der Waals surface area contributed by atoms with Crippen LogP contribution in [-0.2, 0) is 24.4 Å². The number of amides is 2. The van der Waals surface area contributed by atoms with Crippen LogP contribution in [0.3, 0.4) is 0 Å². The summed E-state index contributed by atoms with van der Waals surface area (Å²) in [5.74, 6) is -1.49. The van der Waals surface area contributed by atoms with Crippen molar-refractivity contribution in [2.45, 2.75) is 63.0 Å². The Morgan fingerprint density at radius 3 is 2.56 bits per heavy atom. The lowest BCUT2D eigenvalue weighted by molar-refractivity contribution is -0.133. The zero-order valence-corrected chi connectivity index (χ0v) is 22.8. The van der Waals surface area contributed by atoms with Gasteiger partial charge in [-0.15, -0.1) is 11.3 Å². The van der Waals surface area contributed by atoms with Crippen LogP contribution in [0.25, 0.3) is 0 Å². The standard InChI is InChI=1S/C23H31N5O5S3/c1-14-21(35-23(25-14)26-15(2)29)36(32,33)28-10-8-17(19(30)13-28)18(12-16-6-4-3-5-7-16)20(31)27-22-24-9-11-34-22/h9,11,16-18H,3-8,10,12-13H2,1-2H3,(H,24,27,31)(H,25,26,29)/t17?,18-/m1/s1. The lowest BCUT2D eigenvalue weighted by atomic mass is 9.75. The van der Waals surface area contributed by atoms with E-state index in [1.807, 2.05) is 0 Å². The molecule has 3 heterocycles. The number of carbonyl (C=O) groups is 3. The maximum Gasteiger partial charge on any atom is 0.254 e. The van der Waals surface area contributed by atoms with E-state index in [1.54, 1.807) is 18.5 Å². The molecule has 1 saturated carbocycles. The van der Waals surface area contributed by atoms with E-state index in [2.05, 4.69) is 20.6 Å². The monoisotopic (exact) mass is 553 g/mol. The highest BCUT2D eigenvalue weighted by molar-refractivity contribution is 7.91. The number of aryl methyl sites for hydroxylation is 1. The largest absolute Gasteiger partial charge is 0.302 e. The van der Waals surface area contributed by atoms with E-state index in [1.165, 1.54) is 29.0 Å². The van der Waals surface area contributed by atoms with Gasteiger partial charge in [0.25, 0.3) is 10.0 Å². The van der Waals surface area contributed by atoms with Crippen LogP contribution in [-0.4, -0.2) is 53.4 Å². The molecule has 2 N–H and O–H groups in total. The van der Waals surface area contributed by atoms with Crippen LogP contribution >= 0.6 is 22.7 Å². The quantitative estimate of drug-likeness (QED) is 0.508. The van der Waals surface area contributed by atoms with Gasteiger partial charge in [-0.2, -0.15) is 4.31 Å². The van der Waals surface area contributed by atoms with Crippen molar-refractivity contribution in [3.05, 3.63) is 17.3 Å². The number of hydrogen-bond acceptors (Lipinski definition) is 9. The summed E-state index contributed by atoms with van der Waals surface area (Å²) in [5, 5.41) is 7.85. The van der Waals surface area contributed by atoms with Crippen molar-refractivity contribution in [1.82, 2.24) is 14.3 Å². The molecule has 0 radical (unpaired) electrons. The van der Waals surface area contributed by atoms with Gasteiger partial charge in [0.2, 0.25) is 11.8 Å². The summed E-state index contributed by atoms with van der Waals surface area (Å²) in [6.45, 7) is 2.73. The summed E-state index contributed by atoms with van der Waals surface area (Å²) >= 11 is 2.20.